The molecule has 0 saturated carbocycles. The molecule has 0 unspecified atom stereocenters. The van der Waals surface area contributed by atoms with Crippen LogP contribution in [0.1, 0.15) is 40.0 Å². The third-order valence-corrected chi connectivity index (χ3v) is 2.62. The Morgan fingerprint density at radius 3 is 2.48 bits per heavy atom. The van der Waals surface area contributed by atoms with E-state index in [0.29, 0.717) is 32.5 Å². The second kappa shape index (κ2) is 11.6. The average Bonchev–Trinajstić information content (AvgIpc) is 2.42. The number of azide groups is 1. The van der Waals surface area contributed by atoms with Gasteiger partial charge in [0.2, 0.25) is 0 Å². The number of aliphatic carboxylic acids is 1. The van der Waals surface area contributed by atoms with Crippen molar-refractivity contribution in [2.24, 2.45) is 5.11 Å². The van der Waals surface area contributed by atoms with Crippen LogP contribution in [-0.4, -0.2) is 60.5 Å². The van der Waals surface area contributed by atoms with Crippen molar-refractivity contribution in [1.82, 2.24) is 4.90 Å². The second-order valence-corrected chi connectivity index (χ2v) is 5.89. The number of nitrogens with zero attached hydrogens (tertiary/aromatic N) is 4. The molecule has 0 aromatic carbocycles. The minimum absolute atomic E-state index is 0.0742. The summed E-state index contributed by atoms with van der Waals surface area (Å²) in [5.74, 6) is -0.852. The van der Waals surface area contributed by atoms with Crippen LogP contribution in [-0.2, 0) is 14.3 Å². The fourth-order valence-corrected chi connectivity index (χ4v) is 1.63. The molecule has 0 radical (unpaired) electrons. The van der Waals surface area contributed by atoms with Gasteiger partial charge in [0.15, 0.2) is 0 Å². The molecule has 0 rings (SSSR count). The Balaban J connectivity index is 4.27. The summed E-state index contributed by atoms with van der Waals surface area (Å²) in [6, 6.07) is 0. The molecule has 0 heterocycles. The van der Waals surface area contributed by atoms with Gasteiger partial charge in [0, 0.05) is 31.0 Å². The topological polar surface area (TPSA) is 125 Å². The maximum atomic E-state index is 12.1. The molecule has 9 nitrogen and oxygen atoms in total. The van der Waals surface area contributed by atoms with Gasteiger partial charge in [-0.05, 0) is 39.1 Å². The first-order chi connectivity index (χ1) is 10.8. The van der Waals surface area contributed by atoms with Crippen molar-refractivity contribution in [1.29, 1.82) is 0 Å². The molecular formula is C14H26N4O5. The zero-order valence-corrected chi connectivity index (χ0v) is 14.0. The predicted octanol–water partition coefficient (Wildman–Crippen LogP) is 2.81. The summed E-state index contributed by atoms with van der Waals surface area (Å²) < 4.78 is 10.6. The highest BCUT2D eigenvalue weighted by atomic mass is 16.6. The van der Waals surface area contributed by atoms with Crippen molar-refractivity contribution in [2.75, 3.05) is 32.8 Å². The summed E-state index contributed by atoms with van der Waals surface area (Å²) in [6.45, 7) is 6.89. The van der Waals surface area contributed by atoms with Gasteiger partial charge in [0.25, 0.3) is 0 Å². The molecule has 1 N–H and O–H groups in total. The number of amides is 1. The number of ether oxygens (including phenoxy) is 2. The van der Waals surface area contributed by atoms with Gasteiger partial charge in [0.1, 0.15) is 5.60 Å². The largest absolute Gasteiger partial charge is 0.481 e. The van der Waals surface area contributed by atoms with Crippen molar-refractivity contribution < 1.29 is 24.2 Å². The number of rotatable bonds is 11. The third kappa shape index (κ3) is 13.4. The van der Waals surface area contributed by atoms with Gasteiger partial charge in [-0.15, -0.1) is 0 Å². The van der Waals surface area contributed by atoms with Gasteiger partial charge in [-0.2, -0.15) is 0 Å². The van der Waals surface area contributed by atoms with Crippen LogP contribution in [0, 0.1) is 0 Å². The monoisotopic (exact) mass is 330 g/mol. The lowest BCUT2D eigenvalue weighted by atomic mass is 10.2. The van der Waals surface area contributed by atoms with Crippen LogP contribution in [0.2, 0.25) is 0 Å². The van der Waals surface area contributed by atoms with Gasteiger partial charge in [0.05, 0.1) is 13.2 Å². The zero-order valence-electron chi connectivity index (χ0n) is 14.0. The van der Waals surface area contributed by atoms with E-state index in [0.717, 1.165) is 0 Å². The molecule has 0 aliphatic carbocycles. The van der Waals surface area contributed by atoms with Crippen LogP contribution in [0.4, 0.5) is 4.79 Å². The van der Waals surface area contributed by atoms with E-state index >= 15 is 0 Å². The van der Waals surface area contributed by atoms with E-state index in [2.05, 4.69) is 10.0 Å². The number of unbranched alkanes of at least 4 members (excludes halogenated alkanes) is 1. The Hall–Kier alpha value is -1.99. The van der Waals surface area contributed by atoms with Crippen molar-refractivity contribution in [3.8, 4) is 0 Å². The third-order valence-electron chi connectivity index (χ3n) is 2.62. The van der Waals surface area contributed by atoms with Gasteiger partial charge < -0.3 is 19.5 Å². The van der Waals surface area contributed by atoms with E-state index in [1.807, 2.05) is 0 Å². The number of carboxylic acids is 1. The molecule has 9 heteroatoms. The van der Waals surface area contributed by atoms with Gasteiger partial charge >= 0.3 is 12.1 Å². The second-order valence-electron chi connectivity index (χ2n) is 5.89. The lowest BCUT2D eigenvalue weighted by Crippen LogP contribution is -2.39. The molecule has 0 spiro atoms. The fourth-order valence-electron chi connectivity index (χ4n) is 1.63. The van der Waals surface area contributed by atoms with Crippen molar-refractivity contribution in [2.45, 2.75) is 45.6 Å². The molecule has 0 bridgehead atoms. The molecule has 0 fully saturated rings. The van der Waals surface area contributed by atoms with Crippen LogP contribution in [0.15, 0.2) is 5.11 Å². The smallest absolute Gasteiger partial charge is 0.410 e. The first-order valence-electron chi connectivity index (χ1n) is 7.54. The molecular weight excluding hydrogens is 304 g/mol. The normalized spacial score (nSPS) is 10.7. The quantitative estimate of drug-likeness (QED) is 0.270. The fraction of sp³-hybridized carbons (Fsp3) is 0.857. The zero-order chi connectivity index (χ0) is 17.7. The summed E-state index contributed by atoms with van der Waals surface area (Å²) in [7, 11) is 0. The van der Waals surface area contributed by atoms with E-state index in [1.54, 1.807) is 20.8 Å². The van der Waals surface area contributed by atoms with E-state index < -0.39 is 17.7 Å². The van der Waals surface area contributed by atoms with Crippen LogP contribution < -0.4 is 0 Å². The molecule has 23 heavy (non-hydrogen) atoms. The van der Waals surface area contributed by atoms with Crippen LogP contribution in [0.3, 0.4) is 0 Å². The van der Waals surface area contributed by atoms with E-state index in [4.69, 9.17) is 20.1 Å². The van der Waals surface area contributed by atoms with Crippen molar-refractivity contribution in [3.63, 3.8) is 0 Å². The Kier molecular flexibility index (Phi) is 10.6. The molecule has 0 aromatic rings. The summed E-state index contributed by atoms with van der Waals surface area (Å²) >= 11 is 0. The summed E-state index contributed by atoms with van der Waals surface area (Å²) in [6.07, 6.45) is 0.688. The Morgan fingerprint density at radius 2 is 1.91 bits per heavy atom. The molecule has 1 amide bonds. The predicted molar refractivity (Wildman–Crippen MR) is 84.1 cm³/mol. The molecule has 0 atom stereocenters. The van der Waals surface area contributed by atoms with Gasteiger partial charge in [-0.1, -0.05) is 5.11 Å². The van der Waals surface area contributed by atoms with Crippen LogP contribution >= 0.6 is 0 Å². The van der Waals surface area contributed by atoms with Crippen molar-refractivity contribution >= 4 is 12.1 Å². The van der Waals surface area contributed by atoms with Crippen molar-refractivity contribution in [3.05, 3.63) is 10.4 Å². The number of carbonyl (C=O) groups excluding carboxylic acids is 1. The summed E-state index contributed by atoms with van der Waals surface area (Å²) in [5, 5.41) is 12.0. The van der Waals surface area contributed by atoms with Crippen LogP contribution in [0.25, 0.3) is 10.4 Å². The van der Waals surface area contributed by atoms with E-state index in [-0.39, 0.29) is 19.6 Å². The Morgan fingerprint density at radius 1 is 1.22 bits per heavy atom. The highest BCUT2D eigenvalue weighted by molar-refractivity contribution is 5.68. The SMILES string of the molecule is CC(C)(C)OC(=O)N(CCCCC(=O)O)CCOCCN=[N+]=[N-]. The molecule has 0 aliphatic heterocycles. The van der Waals surface area contributed by atoms with Gasteiger partial charge in [-0.3, -0.25) is 4.79 Å². The minimum atomic E-state index is -0.852. The van der Waals surface area contributed by atoms with Crippen LogP contribution in [0.5, 0.6) is 0 Å². The maximum Gasteiger partial charge on any atom is 0.410 e. The first-order valence-corrected chi connectivity index (χ1v) is 7.54. The highest BCUT2D eigenvalue weighted by Gasteiger charge is 2.21. The number of hydrogen-bond donors (Lipinski definition) is 1. The number of carboxylic acid groups (broad SMARTS) is 1. The Labute approximate surface area is 136 Å². The lowest BCUT2D eigenvalue weighted by Gasteiger charge is -2.27. The Bertz CT molecular complexity index is 416. The number of carbonyl (C=O) groups is 2. The standard InChI is InChI=1S/C14H26N4O5/c1-14(2,3)23-13(21)18(8-5-4-6-12(19)20)9-11-22-10-7-16-17-15/h4-11H2,1-3H3,(H,19,20). The molecule has 0 aliphatic rings. The minimum Gasteiger partial charge on any atom is -0.481 e. The lowest BCUT2D eigenvalue weighted by molar-refractivity contribution is -0.137. The molecule has 0 saturated heterocycles. The van der Waals surface area contributed by atoms with Gasteiger partial charge in [-0.25, -0.2) is 4.79 Å². The summed E-state index contributed by atoms with van der Waals surface area (Å²) in [5.41, 5.74) is 7.54. The maximum absolute atomic E-state index is 12.1. The first kappa shape index (κ1) is 21.0. The highest BCUT2D eigenvalue weighted by Crippen LogP contribution is 2.11. The van der Waals surface area contributed by atoms with E-state index in [1.165, 1.54) is 4.90 Å². The number of hydrogen-bond acceptors (Lipinski definition) is 5. The molecule has 0 aromatic heterocycles. The van der Waals surface area contributed by atoms with E-state index in [9.17, 15) is 9.59 Å². The molecule has 132 valence electrons. The summed E-state index contributed by atoms with van der Waals surface area (Å²) in [4.78, 5) is 26.7. The average molecular weight is 330 g/mol.